The van der Waals surface area contributed by atoms with Crippen molar-refractivity contribution in [2.24, 2.45) is 11.8 Å². The Bertz CT molecular complexity index is 660. The lowest BCUT2D eigenvalue weighted by Gasteiger charge is -2.53. The maximum atomic E-state index is 6.56. The molecule has 2 unspecified atom stereocenters. The van der Waals surface area contributed by atoms with E-state index in [2.05, 4.69) is 48.5 Å². The Balaban J connectivity index is 1.63. The Morgan fingerprint density at radius 3 is 1.77 bits per heavy atom. The molecule has 2 aromatic carbocycles. The molecule has 112 valence electrons. The SMILES string of the molecule is c1ccc2c(c1)CC1CCCC3Cc4ccccc4OC13O2. The third kappa shape index (κ3) is 1.67. The molecule has 0 bridgehead atoms. The highest BCUT2D eigenvalue weighted by Crippen LogP contribution is 2.52. The summed E-state index contributed by atoms with van der Waals surface area (Å²) in [5.74, 6) is 2.53. The number of fused-ring (bicyclic) bond motifs is 2. The first-order valence-corrected chi connectivity index (χ1v) is 8.39. The minimum Gasteiger partial charge on any atom is -0.451 e. The molecule has 0 aromatic heterocycles. The lowest BCUT2D eigenvalue weighted by atomic mass is 9.68. The van der Waals surface area contributed by atoms with E-state index in [9.17, 15) is 0 Å². The molecule has 1 spiro atoms. The van der Waals surface area contributed by atoms with Crippen molar-refractivity contribution < 1.29 is 9.47 Å². The molecule has 22 heavy (non-hydrogen) atoms. The van der Waals surface area contributed by atoms with Crippen LogP contribution in [0.2, 0.25) is 0 Å². The molecule has 1 saturated carbocycles. The molecule has 0 N–H and O–H groups in total. The fourth-order valence-corrected chi connectivity index (χ4v) is 4.61. The average molecular weight is 292 g/mol. The first-order chi connectivity index (χ1) is 10.9. The molecular weight excluding hydrogens is 272 g/mol. The average Bonchev–Trinajstić information content (AvgIpc) is 2.56. The second-order valence-corrected chi connectivity index (χ2v) is 6.87. The van der Waals surface area contributed by atoms with Crippen molar-refractivity contribution in [2.75, 3.05) is 0 Å². The van der Waals surface area contributed by atoms with Crippen LogP contribution in [0, 0.1) is 11.8 Å². The predicted octanol–water partition coefficient (Wildman–Crippen LogP) is 4.37. The Morgan fingerprint density at radius 2 is 1.23 bits per heavy atom. The molecule has 3 aliphatic rings. The van der Waals surface area contributed by atoms with Gasteiger partial charge in [0.1, 0.15) is 11.5 Å². The van der Waals surface area contributed by atoms with E-state index in [4.69, 9.17) is 9.47 Å². The number of rotatable bonds is 0. The van der Waals surface area contributed by atoms with E-state index in [0.717, 1.165) is 24.3 Å². The monoisotopic (exact) mass is 292 g/mol. The molecule has 0 amide bonds. The molecule has 2 aliphatic heterocycles. The zero-order valence-corrected chi connectivity index (χ0v) is 12.6. The fourth-order valence-electron chi connectivity index (χ4n) is 4.61. The number of hydrogen-bond acceptors (Lipinski definition) is 2. The molecule has 2 heterocycles. The molecule has 2 nitrogen and oxygen atoms in total. The van der Waals surface area contributed by atoms with Crippen LogP contribution in [0.4, 0.5) is 0 Å². The van der Waals surface area contributed by atoms with Crippen LogP contribution >= 0.6 is 0 Å². The van der Waals surface area contributed by atoms with Crippen LogP contribution in [0.1, 0.15) is 30.4 Å². The van der Waals surface area contributed by atoms with Gasteiger partial charge < -0.3 is 9.47 Å². The summed E-state index contributed by atoms with van der Waals surface area (Å²) in [6, 6.07) is 16.9. The van der Waals surface area contributed by atoms with Crippen molar-refractivity contribution in [2.45, 2.75) is 37.9 Å². The second kappa shape index (κ2) is 4.52. The molecular formula is C20H20O2. The van der Waals surface area contributed by atoms with Gasteiger partial charge in [-0.3, -0.25) is 0 Å². The Kier molecular flexibility index (Phi) is 2.58. The first-order valence-electron chi connectivity index (χ1n) is 8.39. The Labute approximate surface area is 131 Å². The quantitative estimate of drug-likeness (QED) is 0.718. The van der Waals surface area contributed by atoms with Gasteiger partial charge in [0.05, 0.1) is 0 Å². The molecule has 0 radical (unpaired) electrons. The van der Waals surface area contributed by atoms with E-state index in [1.807, 2.05) is 0 Å². The van der Waals surface area contributed by atoms with Crippen LogP contribution in [0.25, 0.3) is 0 Å². The van der Waals surface area contributed by atoms with Gasteiger partial charge >= 0.3 is 0 Å². The molecule has 5 rings (SSSR count). The Hall–Kier alpha value is -1.96. The molecule has 0 saturated heterocycles. The topological polar surface area (TPSA) is 18.5 Å². The van der Waals surface area contributed by atoms with Crippen molar-refractivity contribution >= 4 is 0 Å². The maximum Gasteiger partial charge on any atom is 0.257 e. The number of benzene rings is 2. The van der Waals surface area contributed by atoms with Gasteiger partial charge in [0.25, 0.3) is 5.79 Å². The van der Waals surface area contributed by atoms with E-state index < -0.39 is 5.79 Å². The van der Waals surface area contributed by atoms with Crippen molar-refractivity contribution in [1.82, 2.24) is 0 Å². The highest BCUT2D eigenvalue weighted by molar-refractivity contribution is 5.41. The highest BCUT2D eigenvalue weighted by atomic mass is 16.7. The summed E-state index contributed by atoms with van der Waals surface area (Å²) in [7, 11) is 0. The molecule has 2 atom stereocenters. The highest BCUT2D eigenvalue weighted by Gasteiger charge is 2.56. The lowest BCUT2D eigenvalue weighted by Crippen LogP contribution is -2.61. The molecule has 2 heteroatoms. The summed E-state index contributed by atoms with van der Waals surface area (Å²) >= 11 is 0. The van der Waals surface area contributed by atoms with E-state index in [-0.39, 0.29) is 0 Å². The van der Waals surface area contributed by atoms with Gasteiger partial charge in [0.15, 0.2) is 0 Å². The third-order valence-corrected chi connectivity index (χ3v) is 5.66. The van der Waals surface area contributed by atoms with Gasteiger partial charge in [0, 0.05) is 11.8 Å². The zero-order chi connectivity index (χ0) is 14.6. The van der Waals surface area contributed by atoms with Crippen molar-refractivity contribution in [3.05, 3.63) is 59.7 Å². The van der Waals surface area contributed by atoms with Crippen LogP contribution in [-0.4, -0.2) is 5.79 Å². The van der Waals surface area contributed by atoms with Gasteiger partial charge in [0.2, 0.25) is 0 Å². The summed E-state index contributed by atoms with van der Waals surface area (Å²) in [6.07, 6.45) is 5.85. The van der Waals surface area contributed by atoms with Gasteiger partial charge in [-0.15, -0.1) is 0 Å². The van der Waals surface area contributed by atoms with Gasteiger partial charge in [-0.1, -0.05) is 42.8 Å². The molecule has 1 fully saturated rings. The molecule has 1 aliphatic carbocycles. The van der Waals surface area contributed by atoms with Crippen LogP contribution in [-0.2, 0) is 12.8 Å². The maximum absolute atomic E-state index is 6.56. The van der Waals surface area contributed by atoms with Gasteiger partial charge in [-0.2, -0.15) is 0 Å². The third-order valence-electron chi connectivity index (χ3n) is 5.66. The van der Waals surface area contributed by atoms with Crippen LogP contribution < -0.4 is 9.47 Å². The van der Waals surface area contributed by atoms with Gasteiger partial charge in [-0.05, 0) is 48.9 Å². The summed E-state index contributed by atoms with van der Waals surface area (Å²) in [4.78, 5) is 0. The minimum atomic E-state index is -0.443. The lowest BCUT2D eigenvalue weighted by molar-refractivity contribution is -0.226. The smallest absolute Gasteiger partial charge is 0.257 e. The summed E-state index contributed by atoms with van der Waals surface area (Å²) in [6.45, 7) is 0. The Morgan fingerprint density at radius 1 is 0.727 bits per heavy atom. The van der Waals surface area contributed by atoms with E-state index in [0.29, 0.717) is 11.8 Å². The second-order valence-electron chi connectivity index (χ2n) is 6.87. The zero-order valence-electron chi connectivity index (χ0n) is 12.6. The van der Waals surface area contributed by atoms with Crippen LogP contribution in [0.15, 0.2) is 48.5 Å². The summed E-state index contributed by atoms with van der Waals surface area (Å²) in [5, 5.41) is 0. The minimum absolute atomic E-state index is 0.443. The summed E-state index contributed by atoms with van der Waals surface area (Å²) < 4.78 is 13.1. The van der Waals surface area contributed by atoms with Gasteiger partial charge in [-0.25, -0.2) is 0 Å². The first kappa shape index (κ1) is 12.6. The van der Waals surface area contributed by atoms with Crippen molar-refractivity contribution in [3.63, 3.8) is 0 Å². The van der Waals surface area contributed by atoms with Crippen molar-refractivity contribution in [3.8, 4) is 11.5 Å². The largest absolute Gasteiger partial charge is 0.451 e. The van der Waals surface area contributed by atoms with E-state index in [1.54, 1.807) is 0 Å². The van der Waals surface area contributed by atoms with Crippen LogP contribution in [0.3, 0.4) is 0 Å². The normalized spacial score (nSPS) is 31.6. The van der Waals surface area contributed by atoms with E-state index >= 15 is 0 Å². The predicted molar refractivity (Wildman–Crippen MR) is 85.1 cm³/mol. The number of ether oxygens (including phenoxy) is 2. The standard InChI is InChI=1S/C20H20O2/c1-3-10-18-14(6-1)12-16-8-5-9-17-13-15-7-2-4-11-19(15)22-20(16,17)21-18/h1-4,6-7,10-11,16-17H,5,8-9,12-13H2. The number of para-hydroxylation sites is 2. The van der Waals surface area contributed by atoms with Crippen LogP contribution in [0.5, 0.6) is 11.5 Å². The van der Waals surface area contributed by atoms with E-state index in [1.165, 1.54) is 30.4 Å². The fraction of sp³-hybridized carbons (Fsp3) is 0.400. The molecule has 2 aromatic rings. The van der Waals surface area contributed by atoms with Crippen molar-refractivity contribution in [1.29, 1.82) is 0 Å². The number of hydrogen-bond donors (Lipinski definition) is 0. The summed E-state index contributed by atoms with van der Waals surface area (Å²) in [5.41, 5.74) is 2.67.